The van der Waals surface area contributed by atoms with Crippen molar-refractivity contribution in [2.24, 2.45) is 0 Å². The van der Waals surface area contributed by atoms with Crippen LogP contribution >= 0.6 is 0 Å². The average Bonchev–Trinajstić information content (AvgIpc) is 3.30. The van der Waals surface area contributed by atoms with Crippen molar-refractivity contribution < 1.29 is 22.7 Å². The van der Waals surface area contributed by atoms with Crippen molar-refractivity contribution in [3.63, 3.8) is 0 Å². The first-order valence-electron chi connectivity index (χ1n) is 10.8. The van der Waals surface area contributed by atoms with Gasteiger partial charge in [-0.2, -0.15) is 4.31 Å². The highest BCUT2D eigenvalue weighted by Gasteiger charge is 2.26. The van der Waals surface area contributed by atoms with Gasteiger partial charge in [0.2, 0.25) is 22.4 Å². The van der Waals surface area contributed by atoms with E-state index in [1.165, 1.54) is 28.6 Å². The minimum atomic E-state index is -3.68. The summed E-state index contributed by atoms with van der Waals surface area (Å²) in [6.07, 6.45) is 2.67. The van der Waals surface area contributed by atoms with Gasteiger partial charge in [-0.15, -0.1) is 0 Å². The largest absolute Gasteiger partial charge is 0.454 e. The molecule has 3 heterocycles. The van der Waals surface area contributed by atoms with Gasteiger partial charge in [0.15, 0.2) is 11.5 Å². The second-order valence-corrected chi connectivity index (χ2v) is 10.0. The van der Waals surface area contributed by atoms with Gasteiger partial charge in [-0.05, 0) is 48.7 Å². The lowest BCUT2D eigenvalue weighted by atomic mass is 10.1. The van der Waals surface area contributed by atoms with Crippen LogP contribution in [0.1, 0.15) is 35.2 Å². The van der Waals surface area contributed by atoms with Crippen molar-refractivity contribution in [1.82, 2.24) is 14.6 Å². The molecule has 10 heteroatoms. The van der Waals surface area contributed by atoms with E-state index in [1.54, 1.807) is 12.1 Å². The quantitative estimate of drug-likeness (QED) is 0.592. The normalized spacial score (nSPS) is 16.1. The molecular weight excluding hydrogens is 446 g/mol. The zero-order valence-corrected chi connectivity index (χ0v) is 18.6. The minimum absolute atomic E-state index is 0.105. The molecule has 0 aliphatic carbocycles. The van der Waals surface area contributed by atoms with E-state index >= 15 is 0 Å². The topological polar surface area (TPSA) is 118 Å². The molecule has 0 atom stereocenters. The Morgan fingerprint density at radius 1 is 1.00 bits per heavy atom. The van der Waals surface area contributed by atoms with Crippen LogP contribution in [0.2, 0.25) is 0 Å². The highest BCUT2D eigenvalue weighted by molar-refractivity contribution is 7.89. The number of fused-ring (bicyclic) bond motifs is 2. The van der Waals surface area contributed by atoms with Gasteiger partial charge in [-0.1, -0.05) is 12.5 Å². The number of nitrogens with zero attached hydrogens (tertiary/aromatic N) is 1. The molecule has 0 saturated carbocycles. The van der Waals surface area contributed by atoms with Gasteiger partial charge in [-0.25, -0.2) is 8.42 Å². The van der Waals surface area contributed by atoms with Crippen LogP contribution in [-0.4, -0.2) is 43.5 Å². The molecule has 0 radical (unpaired) electrons. The summed E-state index contributed by atoms with van der Waals surface area (Å²) in [5, 5.41) is 3.17. The third kappa shape index (κ3) is 4.19. The van der Waals surface area contributed by atoms with E-state index in [9.17, 15) is 18.0 Å². The summed E-state index contributed by atoms with van der Waals surface area (Å²) in [6, 6.07) is 11.0. The van der Waals surface area contributed by atoms with Crippen LogP contribution in [0, 0.1) is 0 Å². The molecule has 1 amide bonds. The highest BCUT2D eigenvalue weighted by Crippen LogP contribution is 2.32. The number of hydrogen-bond donors (Lipinski definition) is 2. The lowest BCUT2D eigenvalue weighted by molar-refractivity contribution is 0.0952. The molecule has 9 nitrogen and oxygen atoms in total. The third-order valence-electron chi connectivity index (χ3n) is 5.90. The maximum Gasteiger partial charge on any atom is 0.252 e. The van der Waals surface area contributed by atoms with E-state index in [-0.39, 0.29) is 23.8 Å². The Bertz CT molecular complexity index is 1390. The average molecular weight is 470 g/mol. The molecule has 5 rings (SSSR count). The van der Waals surface area contributed by atoms with Crippen molar-refractivity contribution in [3.8, 4) is 11.5 Å². The summed E-state index contributed by atoms with van der Waals surface area (Å²) in [5.41, 5.74) is 0.871. The first-order valence-corrected chi connectivity index (χ1v) is 12.2. The SMILES string of the molecule is O=C(NCc1ccc2c(c1)OCO2)c1cc(=O)[nH]c2ccc(S(=O)(=O)N3CCCCC3)cc12. The summed E-state index contributed by atoms with van der Waals surface area (Å²) in [4.78, 5) is 27.9. The molecule has 2 aliphatic rings. The summed E-state index contributed by atoms with van der Waals surface area (Å²) in [6.45, 7) is 1.33. The number of carbonyl (C=O) groups is 1. The number of amides is 1. The van der Waals surface area contributed by atoms with Crippen molar-refractivity contribution in [2.75, 3.05) is 19.9 Å². The summed E-state index contributed by atoms with van der Waals surface area (Å²) in [7, 11) is -3.68. The molecule has 0 bridgehead atoms. The number of carbonyl (C=O) groups excluding carboxylic acids is 1. The standard InChI is InChI=1S/C23H23N3O6S/c27-22-12-18(23(28)24-13-15-4-7-20-21(10-15)32-14-31-20)17-11-16(5-6-19(17)25-22)33(29,30)26-8-2-1-3-9-26/h4-7,10-12H,1-3,8-9,13-14H2,(H,24,28)(H,25,27). The first-order chi connectivity index (χ1) is 15.9. The van der Waals surface area contributed by atoms with E-state index in [4.69, 9.17) is 9.47 Å². The lowest BCUT2D eigenvalue weighted by Gasteiger charge is -2.26. The minimum Gasteiger partial charge on any atom is -0.454 e. The Labute approximate surface area is 190 Å². The molecular formula is C23H23N3O6S. The second kappa shape index (κ2) is 8.53. The molecule has 0 unspecified atom stereocenters. The summed E-state index contributed by atoms with van der Waals surface area (Å²) < 4.78 is 38.4. The second-order valence-electron chi connectivity index (χ2n) is 8.09. The molecule has 33 heavy (non-hydrogen) atoms. The van der Waals surface area contributed by atoms with Crippen LogP contribution in [0.15, 0.2) is 52.2 Å². The van der Waals surface area contributed by atoms with Gasteiger partial charge >= 0.3 is 0 Å². The molecule has 1 fully saturated rings. The number of piperidine rings is 1. The molecule has 2 N–H and O–H groups in total. The van der Waals surface area contributed by atoms with Gasteiger partial charge in [0.1, 0.15) is 0 Å². The predicted octanol–water partition coefficient (Wildman–Crippen LogP) is 2.36. The highest BCUT2D eigenvalue weighted by atomic mass is 32.2. The lowest BCUT2D eigenvalue weighted by Crippen LogP contribution is -2.35. The van der Waals surface area contributed by atoms with E-state index < -0.39 is 21.5 Å². The molecule has 2 aromatic carbocycles. The zero-order valence-electron chi connectivity index (χ0n) is 17.8. The number of rotatable bonds is 5. The number of nitrogens with one attached hydrogen (secondary N) is 2. The number of sulfonamides is 1. The van der Waals surface area contributed by atoms with Crippen LogP contribution in [0.5, 0.6) is 11.5 Å². The van der Waals surface area contributed by atoms with Crippen LogP contribution < -0.4 is 20.3 Å². The van der Waals surface area contributed by atoms with Crippen molar-refractivity contribution in [2.45, 2.75) is 30.7 Å². The van der Waals surface area contributed by atoms with Gasteiger partial charge in [0.05, 0.1) is 10.5 Å². The Morgan fingerprint density at radius 3 is 2.61 bits per heavy atom. The monoisotopic (exact) mass is 469 g/mol. The fourth-order valence-corrected chi connectivity index (χ4v) is 5.71. The number of pyridine rings is 1. The fraction of sp³-hybridized carbons (Fsp3) is 0.304. The summed E-state index contributed by atoms with van der Waals surface area (Å²) in [5.74, 6) is 0.778. The van der Waals surface area contributed by atoms with Crippen LogP contribution in [0.3, 0.4) is 0 Å². The van der Waals surface area contributed by atoms with Crippen molar-refractivity contribution in [1.29, 1.82) is 0 Å². The Kier molecular flexibility index (Phi) is 5.55. The number of aromatic nitrogens is 1. The van der Waals surface area contributed by atoms with Gasteiger partial charge in [0.25, 0.3) is 5.91 Å². The first kappa shape index (κ1) is 21.5. The molecule has 1 aromatic heterocycles. The maximum atomic E-state index is 13.1. The number of H-pyrrole nitrogens is 1. The van der Waals surface area contributed by atoms with Gasteiger partial charge < -0.3 is 19.8 Å². The zero-order chi connectivity index (χ0) is 23.0. The van der Waals surface area contributed by atoms with Crippen molar-refractivity contribution in [3.05, 3.63) is 63.9 Å². The maximum absolute atomic E-state index is 13.1. The summed E-state index contributed by atoms with van der Waals surface area (Å²) >= 11 is 0. The number of hydrogen-bond acceptors (Lipinski definition) is 6. The van der Waals surface area contributed by atoms with E-state index in [0.717, 1.165) is 24.8 Å². The Hall–Kier alpha value is -3.37. The van der Waals surface area contributed by atoms with Gasteiger partial charge in [0, 0.05) is 36.6 Å². The fourth-order valence-electron chi connectivity index (χ4n) is 4.16. The number of aromatic amines is 1. The van der Waals surface area contributed by atoms with E-state index in [0.29, 0.717) is 35.5 Å². The number of ether oxygens (including phenoxy) is 2. The number of benzene rings is 2. The van der Waals surface area contributed by atoms with E-state index in [2.05, 4.69) is 10.3 Å². The Balaban J connectivity index is 1.44. The van der Waals surface area contributed by atoms with Crippen LogP contribution in [-0.2, 0) is 16.6 Å². The van der Waals surface area contributed by atoms with Crippen LogP contribution in [0.4, 0.5) is 0 Å². The van der Waals surface area contributed by atoms with Crippen molar-refractivity contribution >= 4 is 26.8 Å². The smallest absolute Gasteiger partial charge is 0.252 e. The molecule has 2 aliphatic heterocycles. The van der Waals surface area contributed by atoms with Gasteiger partial charge in [-0.3, -0.25) is 9.59 Å². The predicted molar refractivity (Wildman–Crippen MR) is 121 cm³/mol. The molecule has 1 saturated heterocycles. The van der Waals surface area contributed by atoms with Crippen LogP contribution in [0.25, 0.3) is 10.9 Å². The Morgan fingerprint density at radius 2 is 1.79 bits per heavy atom. The molecule has 0 spiro atoms. The molecule has 3 aromatic rings. The van der Waals surface area contributed by atoms with E-state index in [1.807, 2.05) is 6.07 Å². The third-order valence-corrected chi connectivity index (χ3v) is 7.80. The molecule has 172 valence electrons.